The fraction of sp³-hybridized carbons (Fsp3) is 0.571. The number of carbonyl (C=O) groups excluding carboxylic acids is 3. The monoisotopic (exact) mass is 373 g/mol. The van der Waals surface area contributed by atoms with Crippen molar-refractivity contribution in [1.29, 1.82) is 0 Å². The average molecular weight is 373 g/mol. The Bertz CT molecular complexity index is 669. The Labute approximate surface area is 161 Å². The van der Waals surface area contributed by atoms with Gasteiger partial charge in [0.15, 0.2) is 5.78 Å². The smallest absolute Gasteiger partial charge is 0.242 e. The number of amides is 2. The largest absolute Gasteiger partial charge is 0.347 e. The zero-order valence-electron chi connectivity index (χ0n) is 16.9. The van der Waals surface area contributed by atoms with Crippen molar-refractivity contribution in [3.63, 3.8) is 0 Å². The molecule has 0 bridgehead atoms. The van der Waals surface area contributed by atoms with E-state index in [0.29, 0.717) is 18.7 Å². The highest BCUT2D eigenvalue weighted by Gasteiger charge is 2.19. The third-order valence-electron chi connectivity index (χ3n) is 4.94. The Morgan fingerprint density at radius 2 is 1.56 bits per heavy atom. The van der Waals surface area contributed by atoms with Crippen LogP contribution in [-0.2, 0) is 15.0 Å². The molecule has 6 heteroatoms. The van der Waals surface area contributed by atoms with Crippen LogP contribution in [0.5, 0.6) is 0 Å². The van der Waals surface area contributed by atoms with E-state index < -0.39 is 0 Å². The Balaban J connectivity index is 1.73. The third kappa shape index (κ3) is 6.47. The van der Waals surface area contributed by atoms with E-state index in [1.807, 2.05) is 31.3 Å². The highest BCUT2D eigenvalue weighted by Crippen LogP contribution is 2.22. The quantitative estimate of drug-likeness (QED) is 0.773. The summed E-state index contributed by atoms with van der Waals surface area (Å²) in [5.41, 5.74) is 1.82. The summed E-state index contributed by atoms with van der Waals surface area (Å²) in [4.78, 5) is 40.3. The van der Waals surface area contributed by atoms with Crippen molar-refractivity contribution in [2.24, 2.45) is 0 Å². The van der Waals surface area contributed by atoms with Crippen LogP contribution >= 0.6 is 0 Å². The molecule has 1 aliphatic rings. The molecule has 0 saturated carbocycles. The van der Waals surface area contributed by atoms with Crippen LogP contribution < -0.4 is 5.32 Å². The van der Waals surface area contributed by atoms with Gasteiger partial charge in [0.05, 0.1) is 6.54 Å². The first-order chi connectivity index (χ1) is 12.7. The maximum Gasteiger partial charge on any atom is 0.242 e. The first-order valence-corrected chi connectivity index (χ1v) is 9.53. The van der Waals surface area contributed by atoms with E-state index in [0.717, 1.165) is 13.1 Å². The third-order valence-corrected chi connectivity index (χ3v) is 4.94. The lowest BCUT2D eigenvalue weighted by Gasteiger charge is -2.32. The van der Waals surface area contributed by atoms with Gasteiger partial charge in [0.2, 0.25) is 11.8 Å². The molecule has 1 saturated heterocycles. The number of hydrogen-bond donors (Lipinski definition) is 1. The van der Waals surface area contributed by atoms with Gasteiger partial charge in [-0.15, -0.1) is 0 Å². The van der Waals surface area contributed by atoms with Crippen LogP contribution in [0.2, 0.25) is 0 Å². The number of rotatable bonds is 6. The second-order valence-corrected chi connectivity index (χ2v) is 8.21. The second kappa shape index (κ2) is 9.13. The van der Waals surface area contributed by atoms with Crippen molar-refractivity contribution in [3.05, 3.63) is 35.4 Å². The number of benzene rings is 1. The van der Waals surface area contributed by atoms with Gasteiger partial charge >= 0.3 is 0 Å². The molecule has 1 N–H and O–H groups in total. The molecule has 0 radical (unpaired) electrons. The van der Waals surface area contributed by atoms with Gasteiger partial charge in [0, 0.05) is 44.6 Å². The minimum atomic E-state index is -0.267. The molecule has 2 rings (SSSR count). The normalized spacial score (nSPS) is 15.5. The highest BCUT2D eigenvalue weighted by molar-refractivity contribution is 5.98. The fourth-order valence-electron chi connectivity index (χ4n) is 2.96. The van der Waals surface area contributed by atoms with Crippen LogP contribution in [0.25, 0.3) is 0 Å². The molecule has 148 valence electrons. The van der Waals surface area contributed by atoms with E-state index in [1.165, 1.54) is 5.56 Å². The number of carbonyl (C=O) groups is 3. The molecule has 0 aromatic heterocycles. The van der Waals surface area contributed by atoms with E-state index in [1.54, 1.807) is 4.90 Å². The topological polar surface area (TPSA) is 69.7 Å². The molecule has 6 nitrogen and oxygen atoms in total. The molecular weight excluding hydrogens is 342 g/mol. The summed E-state index contributed by atoms with van der Waals surface area (Å²) in [7, 11) is 2.03. The van der Waals surface area contributed by atoms with E-state index >= 15 is 0 Å². The number of nitrogens with zero attached hydrogens (tertiary/aromatic N) is 2. The molecular formula is C21H31N3O3. The summed E-state index contributed by atoms with van der Waals surface area (Å²) < 4.78 is 0. The molecule has 27 heavy (non-hydrogen) atoms. The van der Waals surface area contributed by atoms with E-state index in [-0.39, 0.29) is 42.4 Å². The van der Waals surface area contributed by atoms with Crippen LogP contribution in [0, 0.1) is 0 Å². The molecule has 0 atom stereocenters. The predicted molar refractivity (Wildman–Crippen MR) is 106 cm³/mol. The number of nitrogens with one attached hydrogen (secondary N) is 1. The number of piperazine rings is 1. The summed E-state index contributed by atoms with van der Waals surface area (Å²) in [6, 6.07) is 7.56. The maximum absolute atomic E-state index is 12.3. The van der Waals surface area contributed by atoms with Crippen molar-refractivity contribution in [1.82, 2.24) is 15.1 Å². The Morgan fingerprint density at radius 1 is 0.963 bits per heavy atom. The summed E-state index contributed by atoms with van der Waals surface area (Å²) in [5, 5.41) is 2.63. The second-order valence-electron chi connectivity index (χ2n) is 8.21. The van der Waals surface area contributed by atoms with Gasteiger partial charge in [-0.3, -0.25) is 14.4 Å². The van der Waals surface area contributed by atoms with Crippen molar-refractivity contribution in [2.75, 3.05) is 39.8 Å². The van der Waals surface area contributed by atoms with E-state index in [2.05, 4.69) is 31.0 Å². The molecule has 1 aromatic rings. The predicted octanol–water partition coefficient (Wildman–Crippen LogP) is 1.84. The van der Waals surface area contributed by atoms with Gasteiger partial charge < -0.3 is 15.1 Å². The maximum atomic E-state index is 12.3. The molecule has 1 aliphatic heterocycles. The van der Waals surface area contributed by atoms with Crippen molar-refractivity contribution in [3.8, 4) is 0 Å². The lowest BCUT2D eigenvalue weighted by molar-refractivity contribution is -0.134. The van der Waals surface area contributed by atoms with Crippen LogP contribution in [-0.4, -0.2) is 67.2 Å². The van der Waals surface area contributed by atoms with Crippen molar-refractivity contribution in [2.45, 2.75) is 39.0 Å². The summed E-state index contributed by atoms with van der Waals surface area (Å²) in [6.07, 6.45) is 0.235. The SMILES string of the molecule is CN1CCN(C(=O)CNC(=O)CCC(=O)c2ccc(C(C)(C)C)cc2)CC1. The van der Waals surface area contributed by atoms with E-state index in [4.69, 9.17) is 0 Å². The first kappa shape index (κ1) is 21.1. The molecule has 1 aromatic carbocycles. The molecule has 1 fully saturated rings. The number of ketones is 1. The van der Waals surface area contributed by atoms with Crippen molar-refractivity contribution >= 4 is 17.6 Å². The lowest BCUT2D eigenvalue weighted by Crippen LogP contribution is -2.50. The van der Waals surface area contributed by atoms with E-state index in [9.17, 15) is 14.4 Å². The minimum absolute atomic E-state index is 0.00296. The summed E-state index contributed by atoms with van der Waals surface area (Å²) >= 11 is 0. The Morgan fingerprint density at radius 3 is 2.11 bits per heavy atom. The summed E-state index contributed by atoms with van der Waals surface area (Å²) in [5.74, 6) is -0.395. The average Bonchev–Trinajstić information content (AvgIpc) is 2.64. The van der Waals surface area contributed by atoms with Gasteiger partial charge in [0.1, 0.15) is 0 Å². The molecule has 1 heterocycles. The first-order valence-electron chi connectivity index (χ1n) is 9.53. The van der Waals surface area contributed by atoms with Gasteiger partial charge in [-0.05, 0) is 18.0 Å². The molecule has 0 unspecified atom stereocenters. The Hall–Kier alpha value is -2.21. The van der Waals surface area contributed by atoms with Crippen LogP contribution in [0.4, 0.5) is 0 Å². The van der Waals surface area contributed by atoms with Crippen molar-refractivity contribution < 1.29 is 14.4 Å². The van der Waals surface area contributed by atoms with Gasteiger partial charge in [0.25, 0.3) is 0 Å². The van der Waals surface area contributed by atoms with Gasteiger partial charge in [-0.2, -0.15) is 0 Å². The molecule has 0 aliphatic carbocycles. The van der Waals surface area contributed by atoms with Crippen LogP contribution in [0.1, 0.15) is 49.5 Å². The summed E-state index contributed by atoms with van der Waals surface area (Å²) in [6.45, 7) is 9.44. The zero-order chi connectivity index (χ0) is 20.0. The minimum Gasteiger partial charge on any atom is -0.347 e. The van der Waals surface area contributed by atoms with Crippen LogP contribution in [0.15, 0.2) is 24.3 Å². The standard InChI is InChI=1S/C21H31N3O3/c1-21(2,3)17-7-5-16(6-8-17)18(25)9-10-19(26)22-15-20(27)24-13-11-23(4)12-14-24/h5-8H,9-15H2,1-4H3,(H,22,26). The molecule has 0 spiro atoms. The fourth-order valence-corrected chi connectivity index (χ4v) is 2.96. The number of likely N-dealkylation sites (N-methyl/N-ethyl adjacent to an activating group) is 1. The Kier molecular flexibility index (Phi) is 7.13. The lowest BCUT2D eigenvalue weighted by atomic mass is 9.86. The van der Waals surface area contributed by atoms with Gasteiger partial charge in [-0.1, -0.05) is 45.0 Å². The zero-order valence-corrected chi connectivity index (χ0v) is 16.9. The van der Waals surface area contributed by atoms with Crippen LogP contribution in [0.3, 0.4) is 0 Å². The van der Waals surface area contributed by atoms with Gasteiger partial charge in [-0.25, -0.2) is 0 Å². The highest BCUT2D eigenvalue weighted by atomic mass is 16.2. The number of hydrogen-bond acceptors (Lipinski definition) is 4. The molecule has 2 amide bonds. The number of Topliss-reactive ketones (excluding diaryl/α,β-unsaturated/α-hetero) is 1.